The summed E-state index contributed by atoms with van der Waals surface area (Å²) in [6.45, 7) is 0. The second kappa shape index (κ2) is 6.21. The van der Waals surface area contributed by atoms with Gasteiger partial charge in [-0.05, 0) is 24.3 Å². The van der Waals surface area contributed by atoms with Crippen LogP contribution in [0, 0.1) is 11.6 Å². The zero-order chi connectivity index (χ0) is 16.3. The first-order valence-electron chi connectivity index (χ1n) is 6.24. The van der Waals surface area contributed by atoms with Gasteiger partial charge in [0, 0.05) is 30.4 Å². The van der Waals surface area contributed by atoms with Crippen LogP contribution in [0.4, 0.5) is 14.5 Å². The van der Waals surface area contributed by atoms with E-state index in [4.69, 9.17) is 0 Å². The van der Waals surface area contributed by atoms with Gasteiger partial charge in [-0.25, -0.2) is 8.78 Å². The summed E-state index contributed by atoms with van der Waals surface area (Å²) in [5, 5.41) is 14.3. The van der Waals surface area contributed by atoms with Crippen LogP contribution in [-0.4, -0.2) is 24.0 Å². The second-order valence-corrected chi connectivity index (χ2v) is 4.39. The van der Waals surface area contributed by atoms with Crippen molar-refractivity contribution < 1.29 is 23.5 Å². The Morgan fingerprint density at radius 2 is 1.68 bits per heavy atom. The zero-order valence-corrected chi connectivity index (χ0v) is 11.5. The molecule has 0 unspecified atom stereocenters. The number of hydrogen-bond acceptors (Lipinski definition) is 3. The number of phenols is 1. The van der Waals surface area contributed by atoms with Gasteiger partial charge in [-0.2, -0.15) is 0 Å². The lowest BCUT2D eigenvalue weighted by Gasteiger charge is -2.08. The van der Waals surface area contributed by atoms with Crippen LogP contribution in [0.15, 0.2) is 36.4 Å². The molecule has 0 atom stereocenters. The van der Waals surface area contributed by atoms with Gasteiger partial charge in [0.25, 0.3) is 11.8 Å². The largest absolute Gasteiger partial charge is 0.507 e. The molecule has 0 bridgehead atoms. The Balaban J connectivity index is 2.21. The quantitative estimate of drug-likeness (QED) is 0.814. The van der Waals surface area contributed by atoms with E-state index < -0.39 is 28.9 Å². The van der Waals surface area contributed by atoms with Gasteiger partial charge >= 0.3 is 0 Å². The molecule has 0 aliphatic carbocycles. The van der Waals surface area contributed by atoms with E-state index in [2.05, 4.69) is 10.6 Å². The van der Waals surface area contributed by atoms with Crippen LogP contribution in [-0.2, 0) is 0 Å². The van der Waals surface area contributed by atoms with Gasteiger partial charge in [0.15, 0.2) is 0 Å². The molecule has 2 aromatic carbocycles. The second-order valence-electron chi connectivity index (χ2n) is 4.39. The van der Waals surface area contributed by atoms with Crippen LogP contribution in [0.2, 0.25) is 0 Å². The van der Waals surface area contributed by atoms with Crippen LogP contribution in [0.3, 0.4) is 0 Å². The highest BCUT2D eigenvalue weighted by Gasteiger charge is 2.18. The Morgan fingerprint density at radius 3 is 2.23 bits per heavy atom. The van der Waals surface area contributed by atoms with Crippen molar-refractivity contribution in [2.24, 2.45) is 0 Å². The third-order valence-electron chi connectivity index (χ3n) is 2.89. The first-order valence-corrected chi connectivity index (χ1v) is 6.24. The van der Waals surface area contributed by atoms with Gasteiger partial charge < -0.3 is 15.7 Å². The molecule has 0 aromatic heterocycles. The Morgan fingerprint density at radius 1 is 1.05 bits per heavy atom. The van der Waals surface area contributed by atoms with Crippen molar-refractivity contribution in [1.82, 2.24) is 5.32 Å². The monoisotopic (exact) mass is 306 g/mol. The molecular weight excluding hydrogens is 294 g/mol. The number of carbonyl (C=O) groups is 2. The molecule has 0 spiro atoms. The first-order chi connectivity index (χ1) is 10.4. The highest BCUT2D eigenvalue weighted by molar-refractivity contribution is 6.06. The topological polar surface area (TPSA) is 78.4 Å². The molecule has 0 aliphatic rings. The van der Waals surface area contributed by atoms with Crippen molar-refractivity contribution in [3.63, 3.8) is 0 Å². The van der Waals surface area contributed by atoms with E-state index in [-0.39, 0.29) is 5.91 Å². The molecule has 0 saturated heterocycles. The third kappa shape index (κ3) is 3.20. The Kier molecular flexibility index (Phi) is 4.36. The predicted molar refractivity (Wildman–Crippen MR) is 75.8 cm³/mol. The molecule has 0 fully saturated rings. The van der Waals surface area contributed by atoms with E-state index in [1.165, 1.54) is 31.3 Å². The van der Waals surface area contributed by atoms with Crippen molar-refractivity contribution >= 4 is 17.5 Å². The van der Waals surface area contributed by atoms with Gasteiger partial charge in [0.2, 0.25) is 0 Å². The Bertz CT molecular complexity index is 707. The van der Waals surface area contributed by atoms with Gasteiger partial charge in [0.05, 0.1) is 0 Å². The summed E-state index contributed by atoms with van der Waals surface area (Å²) in [5.74, 6) is -4.17. The highest BCUT2D eigenvalue weighted by atomic mass is 19.1. The number of benzene rings is 2. The predicted octanol–water partition coefficient (Wildman–Crippen LogP) is 2.28. The maximum atomic E-state index is 13.6. The van der Waals surface area contributed by atoms with Crippen LogP contribution in [0.5, 0.6) is 5.75 Å². The molecule has 2 amide bonds. The van der Waals surface area contributed by atoms with E-state index >= 15 is 0 Å². The van der Waals surface area contributed by atoms with E-state index in [0.717, 1.165) is 0 Å². The number of aromatic hydroxyl groups is 1. The lowest BCUT2D eigenvalue weighted by molar-refractivity contribution is 0.0962. The summed E-state index contributed by atoms with van der Waals surface area (Å²) in [6.07, 6.45) is 0. The summed E-state index contributed by atoms with van der Waals surface area (Å²) < 4.78 is 26.4. The van der Waals surface area contributed by atoms with Gasteiger partial charge in [-0.3, -0.25) is 9.59 Å². The molecule has 114 valence electrons. The molecule has 2 rings (SSSR count). The third-order valence-corrected chi connectivity index (χ3v) is 2.89. The summed E-state index contributed by atoms with van der Waals surface area (Å²) in [4.78, 5) is 23.3. The highest BCUT2D eigenvalue weighted by Crippen LogP contribution is 2.23. The summed E-state index contributed by atoms with van der Waals surface area (Å²) in [5.41, 5.74) is 0.0221. The van der Waals surface area contributed by atoms with Crippen molar-refractivity contribution in [2.75, 3.05) is 12.4 Å². The number of anilines is 1. The molecule has 7 heteroatoms. The SMILES string of the molecule is CNC(=O)c1ccc(NC(=O)c2c(O)cc(F)cc2F)cc1. The molecule has 2 aromatic rings. The fraction of sp³-hybridized carbons (Fsp3) is 0.0667. The van der Waals surface area contributed by atoms with Crippen LogP contribution in [0.1, 0.15) is 20.7 Å². The zero-order valence-electron chi connectivity index (χ0n) is 11.5. The number of nitrogens with one attached hydrogen (secondary N) is 2. The average molecular weight is 306 g/mol. The molecule has 0 radical (unpaired) electrons. The van der Waals surface area contributed by atoms with Crippen LogP contribution >= 0.6 is 0 Å². The van der Waals surface area contributed by atoms with Crippen molar-refractivity contribution in [2.45, 2.75) is 0 Å². The number of rotatable bonds is 3. The van der Waals surface area contributed by atoms with E-state index in [0.29, 0.717) is 23.4 Å². The average Bonchev–Trinajstić information content (AvgIpc) is 2.46. The first kappa shape index (κ1) is 15.4. The van der Waals surface area contributed by atoms with Gasteiger partial charge in [-0.1, -0.05) is 0 Å². The maximum absolute atomic E-state index is 13.6. The Labute approximate surface area is 124 Å². The molecule has 22 heavy (non-hydrogen) atoms. The maximum Gasteiger partial charge on any atom is 0.262 e. The molecule has 0 aliphatic heterocycles. The van der Waals surface area contributed by atoms with E-state index in [1.807, 2.05) is 0 Å². The molecule has 0 saturated carbocycles. The smallest absolute Gasteiger partial charge is 0.262 e. The summed E-state index contributed by atoms with van der Waals surface area (Å²) in [7, 11) is 1.48. The van der Waals surface area contributed by atoms with Crippen molar-refractivity contribution in [3.8, 4) is 5.75 Å². The molecule has 5 nitrogen and oxygen atoms in total. The van der Waals surface area contributed by atoms with Crippen LogP contribution < -0.4 is 10.6 Å². The fourth-order valence-corrected chi connectivity index (χ4v) is 1.83. The summed E-state index contributed by atoms with van der Waals surface area (Å²) >= 11 is 0. The van der Waals surface area contributed by atoms with Crippen molar-refractivity contribution in [1.29, 1.82) is 0 Å². The Hall–Kier alpha value is -2.96. The number of carbonyl (C=O) groups excluding carboxylic acids is 2. The van der Waals surface area contributed by atoms with Gasteiger partial charge in [0.1, 0.15) is 22.9 Å². The lowest BCUT2D eigenvalue weighted by Crippen LogP contribution is -2.18. The molecule has 0 heterocycles. The molecule has 3 N–H and O–H groups in total. The minimum atomic E-state index is -1.17. The van der Waals surface area contributed by atoms with Gasteiger partial charge in [-0.15, -0.1) is 0 Å². The minimum absolute atomic E-state index is 0.292. The lowest BCUT2D eigenvalue weighted by atomic mass is 10.1. The number of halogens is 2. The standard InChI is InChI=1S/C15H12F2N2O3/c1-18-14(21)8-2-4-10(5-3-8)19-15(22)13-11(17)6-9(16)7-12(13)20/h2-7,20H,1H3,(H,18,21)(H,19,22). The number of amides is 2. The minimum Gasteiger partial charge on any atom is -0.507 e. The molecular formula is C15H12F2N2O3. The van der Waals surface area contributed by atoms with E-state index in [1.54, 1.807) is 0 Å². The van der Waals surface area contributed by atoms with Crippen LogP contribution in [0.25, 0.3) is 0 Å². The van der Waals surface area contributed by atoms with Crippen molar-refractivity contribution in [3.05, 3.63) is 59.2 Å². The normalized spacial score (nSPS) is 10.1. The fourth-order valence-electron chi connectivity index (χ4n) is 1.83. The van der Waals surface area contributed by atoms with E-state index in [9.17, 15) is 23.5 Å². The number of hydrogen-bond donors (Lipinski definition) is 3. The number of phenolic OH excluding ortho intramolecular Hbond substituents is 1. The summed E-state index contributed by atoms with van der Waals surface area (Å²) in [6, 6.07) is 6.97.